The van der Waals surface area contributed by atoms with Crippen LogP contribution in [0.3, 0.4) is 0 Å². The second kappa shape index (κ2) is 8.08. The maximum absolute atomic E-state index is 13.4. The van der Waals surface area contributed by atoms with Crippen molar-refractivity contribution < 1.29 is 9.36 Å². The number of rotatable bonds is 4. The molecule has 0 saturated heterocycles. The van der Waals surface area contributed by atoms with E-state index < -0.39 is 0 Å². The monoisotopic (exact) mass is 423 g/mol. The molecule has 0 bridgehead atoms. The molecule has 0 fully saturated rings. The number of hydrogen-bond acceptors (Lipinski definition) is 2. The van der Waals surface area contributed by atoms with Crippen LogP contribution in [0.5, 0.6) is 0 Å². The third kappa shape index (κ3) is 3.60. The number of amides is 1. The summed E-state index contributed by atoms with van der Waals surface area (Å²) >= 11 is 0. The third-order valence-corrected chi connectivity index (χ3v) is 6.35. The molecule has 5 nitrogen and oxygen atoms in total. The highest BCUT2D eigenvalue weighted by Crippen LogP contribution is 2.36. The van der Waals surface area contributed by atoms with Crippen LogP contribution in [0.25, 0.3) is 5.69 Å². The highest BCUT2D eigenvalue weighted by atomic mass is 16.1. The number of nitrogens with one attached hydrogen (secondary N) is 1. The first-order chi connectivity index (χ1) is 15.5. The molecule has 1 aromatic heterocycles. The van der Waals surface area contributed by atoms with Crippen LogP contribution in [0, 0.1) is 20.8 Å². The highest BCUT2D eigenvalue weighted by molar-refractivity contribution is 5.97. The van der Waals surface area contributed by atoms with Crippen molar-refractivity contribution in [3.05, 3.63) is 113 Å². The maximum atomic E-state index is 13.4. The first kappa shape index (κ1) is 20.2. The summed E-state index contributed by atoms with van der Waals surface area (Å²) in [6.07, 6.45) is 4.70. The number of benzene rings is 3. The minimum absolute atomic E-state index is 0.0252. The van der Waals surface area contributed by atoms with Crippen LogP contribution in [-0.4, -0.2) is 15.7 Å². The van der Waals surface area contributed by atoms with Crippen molar-refractivity contribution in [3.8, 4) is 5.69 Å². The van der Waals surface area contributed by atoms with Gasteiger partial charge in [-0.05, 0) is 55.2 Å². The van der Waals surface area contributed by atoms with E-state index in [0.717, 1.165) is 28.8 Å². The Labute approximate surface area is 188 Å². The number of hydrogen-bond donors (Lipinski definition) is 1. The fourth-order valence-corrected chi connectivity index (χ4v) is 4.96. The lowest BCUT2D eigenvalue weighted by molar-refractivity contribution is -0.725. The number of fused-ring (bicyclic) bond motifs is 1. The molecule has 32 heavy (non-hydrogen) atoms. The summed E-state index contributed by atoms with van der Waals surface area (Å²) in [6, 6.07) is 22.5. The normalized spacial score (nSPS) is 17.2. The summed E-state index contributed by atoms with van der Waals surface area (Å²) in [5.41, 5.74) is 7.40. The number of aromatic nitrogens is 3. The third-order valence-electron chi connectivity index (χ3n) is 6.35. The van der Waals surface area contributed by atoms with E-state index in [1.807, 2.05) is 67.6 Å². The Morgan fingerprint density at radius 2 is 1.69 bits per heavy atom. The van der Waals surface area contributed by atoms with Gasteiger partial charge in [0.25, 0.3) is 12.2 Å². The first-order valence-corrected chi connectivity index (χ1v) is 11.0. The SMILES string of the molecule is Cc1cc(C)c(C(=O)N[C@@H]2c3ccccc3C[C@H]2[n+]2cnn(-c3ccccc3)c2)c(C)c1. The molecule has 2 atom stereocenters. The van der Waals surface area contributed by atoms with Gasteiger partial charge in [0.2, 0.25) is 6.33 Å². The molecular weight excluding hydrogens is 396 g/mol. The molecule has 0 radical (unpaired) electrons. The molecule has 160 valence electrons. The molecule has 0 aliphatic heterocycles. The summed E-state index contributed by atoms with van der Waals surface area (Å²) in [6.45, 7) is 6.08. The lowest BCUT2D eigenvalue weighted by Crippen LogP contribution is -2.45. The summed E-state index contributed by atoms with van der Waals surface area (Å²) in [5.74, 6) is -0.0252. The molecule has 0 unspecified atom stereocenters. The fraction of sp³-hybridized carbons (Fsp3) is 0.222. The second-order valence-electron chi connectivity index (χ2n) is 8.67. The van der Waals surface area contributed by atoms with E-state index in [2.05, 4.69) is 52.2 Å². The topological polar surface area (TPSA) is 50.8 Å². The molecule has 1 heterocycles. The number of nitrogens with zero attached hydrogens (tertiary/aromatic N) is 3. The Morgan fingerprint density at radius 3 is 2.44 bits per heavy atom. The Hall–Kier alpha value is -3.73. The minimum Gasteiger partial charge on any atom is -0.342 e. The quantitative estimate of drug-likeness (QED) is 0.496. The average molecular weight is 424 g/mol. The Bertz CT molecular complexity index is 1270. The van der Waals surface area contributed by atoms with Crippen molar-refractivity contribution in [3.63, 3.8) is 0 Å². The molecule has 3 aromatic carbocycles. The van der Waals surface area contributed by atoms with Crippen LogP contribution < -0.4 is 9.88 Å². The largest absolute Gasteiger partial charge is 0.342 e. The maximum Gasteiger partial charge on any atom is 0.265 e. The molecule has 1 aliphatic carbocycles. The van der Waals surface area contributed by atoms with Crippen molar-refractivity contribution in [1.82, 2.24) is 15.1 Å². The van der Waals surface area contributed by atoms with E-state index in [9.17, 15) is 4.79 Å². The van der Waals surface area contributed by atoms with Crippen LogP contribution in [0.1, 0.15) is 50.3 Å². The number of carbonyl (C=O) groups is 1. The van der Waals surface area contributed by atoms with E-state index in [-0.39, 0.29) is 18.0 Å². The van der Waals surface area contributed by atoms with Gasteiger partial charge in [-0.25, -0.2) is 4.57 Å². The van der Waals surface area contributed by atoms with Crippen molar-refractivity contribution >= 4 is 5.91 Å². The van der Waals surface area contributed by atoms with Crippen LogP contribution in [0.15, 0.2) is 79.4 Å². The molecule has 1 aliphatic rings. The summed E-state index contributed by atoms with van der Waals surface area (Å²) < 4.78 is 3.99. The first-order valence-electron chi connectivity index (χ1n) is 11.0. The zero-order chi connectivity index (χ0) is 22.2. The van der Waals surface area contributed by atoms with Gasteiger partial charge in [-0.2, -0.15) is 0 Å². The van der Waals surface area contributed by atoms with Crippen molar-refractivity contribution in [2.24, 2.45) is 0 Å². The predicted octanol–water partition coefficient (Wildman–Crippen LogP) is 4.35. The molecule has 1 N–H and O–H groups in total. The predicted molar refractivity (Wildman–Crippen MR) is 124 cm³/mol. The lowest BCUT2D eigenvalue weighted by atomic mass is 9.98. The van der Waals surface area contributed by atoms with E-state index in [4.69, 9.17) is 0 Å². The number of carbonyl (C=O) groups excluding carboxylic acids is 1. The number of aryl methyl sites for hydroxylation is 3. The molecule has 0 saturated carbocycles. The Balaban J connectivity index is 1.49. The van der Waals surface area contributed by atoms with Crippen molar-refractivity contribution in [2.75, 3.05) is 0 Å². The van der Waals surface area contributed by atoms with Gasteiger partial charge in [0, 0.05) is 17.1 Å². The molecular formula is C27H27N4O+. The van der Waals surface area contributed by atoms with E-state index in [0.29, 0.717) is 0 Å². The fourth-order valence-electron chi connectivity index (χ4n) is 4.96. The zero-order valence-electron chi connectivity index (χ0n) is 18.6. The van der Waals surface area contributed by atoms with Gasteiger partial charge in [0.05, 0.1) is 6.04 Å². The zero-order valence-corrected chi connectivity index (χ0v) is 18.6. The number of para-hydroxylation sites is 1. The lowest BCUT2D eigenvalue weighted by Gasteiger charge is -2.21. The van der Waals surface area contributed by atoms with Crippen LogP contribution in [0.2, 0.25) is 0 Å². The van der Waals surface area contributed by atoms with Crippen molar-refractivity contribution in [2.45, 2.75) is 39.3 Å². The molecule has 1 amide bonds. The molecule has 5 heteroatoms. The Kier molecular flexibility index (Phi) is 5.10. The van der Waals surface area contributed by atoms with Crippen LogP contribution >= 0.6 is 0 Å². The van der Waals surface area contributed by atoms with Gasteiger partial charge in [-0.15, -0.1) is 0 Å². The smallest absolute Gasteiger partial charge is 0.265 e. The van der Waals surface area contributed by atoms with E-state index in [1.165, 1.54) is 16.7 Å². The second-order valence-corrected chi connectivity index (χ2v) is 8.67. The van der Waals surface area contributed by atoms with Crippen LogP contribution in [-0.2, 0) is 6.42 Å². The van der Waals surface area contributed by atoms with Gasteiger partial charge >= 0.3 is 0 Å². The standard InChI is InChI=1S/C27H26N4O/c1-18-13-19(2)25(20(3)14-18)27(32)29-26-23-12-8-7-9-21(23)15-24(26)30-16-28-31(17-30)22-10-5-4-6-11-22/h4-14,16-17,24,26H,15H2,1-3H3/p+1/t24-,26-/m1/s1. The summed E-state index contributed by atoms with van der Waals surface area (Å²) in [7, 11) is 0. The summed E-state index contributed by atoms with van der Waals surface area (Å²) in [5, 5.41) is 7.92. The van der Waals surface area contributed by atoms with Crippen LogP contribution in [0.4, 0.5) is 0 Å². The van der Waals surface area contributed by atoms with Gasteiger partial charge < -0.3 is 5.32 Å². The van der Waals surface area contributed by atoms with Crippen molar-refractivity contribution in [1.29, 1.82) is 0 Å². The molecule has 0 spiro atoms. The van der Waals surface area contributed by atoms with Gasteiger partial charge in [-0.3, -0.25) is 4.79 Å². The summed E-state index contributed by atoms with van der Waals surface area (Å²) in [4.78, 5) is 13.4. The van der Waals surface area contributed by atoms with E-state index >= 15 is 0 Å². The molecule has 5 rings (SSSR count). The van der Waals surface area contributed by atoms with Gasteiger partial charge in [0.15, 0.2) is 0 Å². The Morgan fingerprint density at radius 1 is 1.00 bits per heavy atom. The van der Waals surface area contributed by atoms with Gasteiger partial charge in [0.1, 0.15) is 11.7 Å². The van der Waals surface area contributed by atoms with Gasteiger partial charge in [-0.1, -0.05) is 64.8 Å². The highest BCUT2D eigenvalue weighted by Gasteiger charge is 2.38. The average Bonchev–Trinajstić information content (AvgIpc) is 3.39. The molecule has 4 aromatic rings. The minimum atomic E-state index is -0.128. The van der Waals surface area contributed by atoms with E-state index in [1.54, 1.807) is 0 Å².